The molecule has 3 N–H and O–H groups in total. The number of nitrogens with zero attached hydrogens (tertiary/aromatic N) is 1. The summed E-state index contributed by atoms with van der Waals surface area (Å²) < 4.78 is 21.7. The average molecular weight is 264 g/mol. The van der Waals surface area contributed by atoms with Crippen molar-refractivity contribution in [3.05, 3.63) is 0 Å². The molecule has 0 aromatic carbocycles. The monoisotopic (exact) mass is 264 g/mol. The molecule has 1 rings (SSSR count). The zero-order chi connectivity index (χ0) is 12.9. The molecule has 0 amide bonds. The van der Waals surface area contributed by atoms with E-state index in [1.54, 1.807) is 0 Å². The molecule has 1 fully saturated rings. The molecule has 0 aromatic rings. The Kier molecular flexibility index (Phi) is 5.35. The SMILES string of the molecule is NS(=O)(=O)CCN1CCCC(CCC(=O)O)C1. The average Bonchev–Trinajstić information content (AvgIpc) is 2.23. The second kappa shape index (κ2) is 6.32. The van der Waals surface area contributed by atoms with Crippen molar-refractivity contribution in [1.29, 1.82) is 0 Å². The van der Waals surface area contributed by atoms with Crippen LogP contribution in [0.15, 0.2) is 0 Å². The number of piperidine rings is 1. The van der Waals surface area contributed by atoms with Crippen molar-refractivity contribution in [1.82, 2.24) is 4.90 Å². The number of carbonyl (C=O) groups is 1. The minimum absolute atomic E-state index is 0.0291. The summed E-state index contributed by atoms with van der Waals surface area (Å²) in [5.41, 5.74) is 0. The standard InChI is InChI=1S/C10H20N2O4S/c11-17(15,16)7-6-12-5-1-2-9(8-12)3-4-10(13)14/h9H,1-8H2,(H,13,14)(H2,11,15,16). The highest BCUT2D eigenvalue weighted by atomic mass is 32.2. The van der Waals surface area contributed by atoms with Crippen LogP contribution in [0.2, 0.25) is 0 Å². The highest BCUT2D eigenvalue weighted by Gasteiger charge is 2.21. The number of carboxylic acid groups (broad SMARTS) is 1. The molecule has 0 aromatic heterocycles. The summed E-state index contributed by atoms with van der Waals surface area (Å²) in [4.78, 5) is 12.5. The lowest BCUT2D eigenvalue weighted by Crippen LogP contribution is -2.39. The van der Waals surface area contributed by atoms with Gasteiger partial charge in [-0.15, -0.1) is 0 Å². The van der Waals surface area contributed by atoms with E-state index in [0.717, 1.165) is 25.9 Å². The van der Waals surface area contributed by atoms with Gasteiger partial charge in [0, 0.05) is 19.5 Å². The van der Waals surface area contributed by atoms with E-state index in [4.69, 9.17) is 10.2 Å². The van der Waals surface area contributed by atoms with Crippen molar-refractivity contribution in [2.75, 3.05) is 25.4 Å². The zero-order valence-electron chi connectivity index (χ0n) is 9.84. The van der Waals surface area contributed by atoms with Gasteiger partial charge >= 0.3 is 5.97 Å². The summed E-state index contributed by atoms with van der Waals surface area (Å²) in [5, 5.41) is 13.6. The maximum atomic E-state index is 10.8. The molecule has 6 nitrogen and oxygen atoms in total. The van der Waals surface area contributed by atoms with E-state index in [-0.39, 0.29) is 12.2 Å². The molecule has 0 aliphatic carbocycles. The van der Waals surface area contributed by atoms with Crippen LogP contribution in [0.1, 0.15) is 25.7 Å². The van der Waals surface area contributed by atoms with Crippen LogP contribution in [0.25, 0.3) is 0 Å². The van der Waals surface area contributed by atoms with Crippen molar-refractivity contribution >= 4 is 16.0 Å². The first-order valence-corrected chi connectivity index (χ1v) is 7.53. The van der Waals surface area contributed by atoms with E-state index in [1.165, 1.54) is 0 Å². The molecule has 1 heterocycles. The van der Waals surface area contributed by atoms with Crippen LogP contribution in [0.3, 0.4) is 0 Å². The number of primary sulfonamides is 1. The van der Waals surface area contributed by atoms with Crippen molar-refractivity contribution in [2.45, 2.75) is 25.7 Å². The maximum Gasteiger partial charge on any atom is 0.303 e. The first-order valence-electron chi connectivity index (χ1n) is 5.81. The van der Waals surface area contributed by atoms with Crippen LogP contribution in [0.5, 0.6) is 0 Å². The van der Waals surface area contributed by atoms with E-state index < -0.39 is 16.0 Å². The predicted octanol–water partition coefficient (Wildman–Crippen LogP) is -0.148. The van der Waals surface area contributed by atoms with Gasteiger partial charge in [-0.25, -0.2) is 13.6 Å². The van der Waals surface area contributed by atoms with Gasteiger partial charge < -0.3 is 10.0 Å². The number of nitrogens with two attached hydrogens (primary N) is 1. The molecule has 7 heteroatoms. The van der Waals surface area contributed by atoms with E-state index in [2.05, 4.69) is 4.90 Å². The maximum absolute atomic E-state index is 10.8. The Bertz CT molecular complexity index is 355. The normalized spacial score (nSPS) is 22.5. The topological polar surface area (TPSA) is 101 Å². The van der Waals surface area contributed by atoms with E-state index in [1.807, 2.05) is 0 Å². The summed E-state index contributed by atoms with van der Waals surface area (Å²) in [6.07, 6.45) is 2.88. The zero-order valence-corrected chi connectivity index (χ0v) is 10.7. The van der Waals surface area contributed by atoms with Crippen molar-refractivity contribution in [2.24, 2.45) is 11.1 Å². The summed E-state index contributed by atoms with van der Waals surface area (Å²) in [7, 11) is -3.40. The van der Waals surface area contributed by atoms with E-state index >= 15 is 0 Å². The summed E-state index contributed by atoms with van der Waals surface area (Å²) in [6, 6.07) is 0. The molecule has 0 saturated carbocycles. The van der Waals surface area contributed by atoms with Crippen LogP contribution in [-0.4, -0.2) is 49.8 Å². The third kappa shape index (κ3) is 6.60. The molecule has 100 valence electrons. The molecular formula is C10H20N2O4S. The Morgan fingerprint density at radius 1 is 1.47 bits per heavy atom. The predicted molar refractivity (Wildman–Crippen MR) is 64.0 cm³/mol. The number of sulfonamides is 1. The van der Waals surface area contributed by atoms with Gasteiger partial charge in [0.25, 0.3) is 0 Å². The smallest absolute Gasteiger partial charge is 0.303 e. The molecule has 1 atom stereocenters. The molecule has 1 saturated heterocycles. The second-order valence-electron chi connectivity index (χ2n) is 4.61. The number of likely N-dealkylation sites (tertiary alicyclic amines) is 1. The van der Waals surface area contributed by atoms with E-state index in [9.17, 15) is 13.2 Å². The highest BCUT2D eigenvalue weighted by Crippen LogP contribution is 2.20. The lowest BCUT2D eigenvalue weighted by Gasteiger charge is -2.32. The summed E-state index contributed by atoms with van der Waals surface area (Å²) in [5.74, 6) is -0.439. The first-order chi connectivity index (χ1) is 7.87. The Morgan fingerprint density at radius 3 is 2.76 bits per heavy atom. The van der Waals surface area contributed by atoms with Gasteiger partial charge in [-0.2, -0.15) is 0 Å². The fourth-order valence-electron chi connectivity index (χ4n) is 2.17. The molecule has 0 bridgehead atoms. The van der Waals surface area contributed by atoms with Crippen molar-refractivity contribution in [3.63, 3.8) is 0 Å². The van der Waals surface area contributed by atoms with Gasteiger partial charge in [0.1, 0.15) is 0 Å². The summed E-state index contributed by atoms with van der Waals surface area (Å²) >= 11 is 0. The lowest BCUT2D eigenvalue weighted by atomic mass is 9.93. The molecular weight excluding hydrogens is 244 g/mol. The van der Waals surface area contributed by atoms with Gasteiger partial charge in [0.05, 0.1) is 5.75 Å². The van der Waals surface area contributed by atoms with Gasteiger partial charge in [-0.3, -0.25) is 4.79 Å². The molecule has 17 heavy (non-hydrogen) atoms. The third-order valence-corrected chi connectivity index (χ3v) is 3.81. The lowest BCUT2D eigenvalue weighted by molar-refractivity contribution is -0.137. The number of rotatable bonds is 6. The van der Waals surface area contributed by atoms with Gasteiger partial charge in [0.15, 0.2) is 0 Å². The van der Waals surface area contributed by atoms with Crippen LogP contribution in [0, 0.1) is 5.92 Å². The largest absolute Gasteiger partial charge is 0.481 e. The molecule has 0 radical (unpaired) electrons. The van der Waals surface area contributed by atoms with Crippen LogP contribution >= 0.6 is 0 Å². The Hall–Kier alpha value is -0.660. The highest BCUT2D eigenvalue weighted by molar-refractivity contribution is 7.89. The molecule has 1 unspecified atom stereocenters. The minimum Gasteiger partial charge on any atom is -0.481 e. The fourth-order valence-corrected chi connectivity index (χ4v) is 2.69. The molecule has 1 aliphatic rings. The van der Waals surface area contributed by atoms with Crippen molar-refractivity contribution < 1.29 is 18.3 Å². The summed E-state index contributed by atoms with van der Waals surface area (Å²) in [6.45, 7) is 2.10. The van der Waals surface area contributed by atoms with Gasteiger partial charge in [0.2, 0.25) is 10.0 Å². The van der Waals surface area contributed by atoms with Crippen LogP contribution in [0.4, 0.5) is 0 Å². The number of aliphatic carboxylic acids is 1. The number of hydrogen-bond donors (Lipinski definition) is 2. The van der Waals surface area contributed by atoms with Gasteiger partial charge in [-0.05, 0) is 31.7 Å². The fraction of sp³-hybridized carbons (Fsp3) is 0.900. The first kappa shape index (κ1) is 14.4. The second-order valence-corrected chi connectivity index (χ2v) is 6.34. The Labute approximate surface area is 102 Å². The quantitative estimate of drug-likeness (QED) is 0.695. The van der Waals surface area contributed by atoms with Crippen LogP contribution in [-0.2, 0) is 14.8 Å². The Balaban J connectivity index is 2.31. The van der Waals surface area contributed by atoms with E-state index in [0.29, 0.717) is 18.9 Å². The van der Waals surface area contributed by atoms with Gasteiger partial charge in [-0.1, -0.05) is 0 Å². The van der Waals surface area contributed by atoms with Crippen molar-refractivity contribution in [3.8, 4) is 0 Å². The Morgan fingerprint density at radius 2 is 2.18 bits per heavy atom. The number of hydrogen-bond acceptors (Lipinski definition) is 4. The third-order valence-electron chi connectivity index (χ3n) is 3.06. The number of carboxylic acids is 1. The van der Waals surface area contributed by atoms with Crippen LogP contribution < -0.4 is 5.14 Å². The minimum atomic E-state index is -3.40. The molecule has 1 aliphatic heterocycles. The molecule has 0 spiro atoms.